The van der Waals surface area contributed by atoms with Crippen LogP contribution in [0.15, 0.2) is 66.7 Å². The van der Waals surface area contributed by atoms with Crippen molar-refractivity contribution in [3.63, 3.8) is 0 Å². The Morgan fingerprint density at radius 1 is 0.944 bits per heavy atom. The molecule has 10 heteroatoms. The lowest BCUT2D eigenvalue weighted by atomic mass is 9.78. The third kappa shape index (κ3) is 3.38. The maximum absolute atomic E-state index is 13.8. The van der Waals surface area contributed by atoms with Crippen LogP contribution in [0.3, 0.4) is 0 Å². The maximum Gasteiger partial charge on any atom is 0.573 e. The molecule has 0 N–H and O–H groups in total. The van der Waals surface area contributed by atoms with Crippen LogP contribution in [0.4, 0.5) is 18.9 Å². The normalized spacial score (nSPS) is 24.9. The molecule has 5 rings (SSSR count). The van der Waals surface area contributed by atoms with Crippen molar-refractivity contribution in [3.8, 4) is 11.8 Å². The summed E-state index contributed by atoms with van der Waals surface area (Å²) in [4.78, 5) is 28.6. The highest BCUT2D eigenvalue weighted by molar-refractivity contribution is 6.36. The predicted molar refractivity (Wildman–Crippen MR) is 126 cm³/mol. The van der Waals surface area contributed by atoms with Gasteiger partial charge in [-0.05, 0) is 60.5 Å². The average molecular weight is 531 g/mol. The third-order valence-electron chi connectivity index (χ3n) is 6.98. The number of anilines is 1. The molecular formula is C26H15Cl2F3N2O3. The second-order valence-corrected chi connectivity index (χ2v) is 9.68. The Bertz CT molecular complexity index is 1430. The van der Waals surface area contributed by atoms with Crippen molar-refractivity contribution in [3.05, 3.63) is 93.5 Å². The highest BCUT2D eigenvalue weighted by Gasteiger charge is 2.86. The molecule has 36 heavy (non-hydrogen) atoms. The number of hydrogen-bond donors (Lipinski definition) is 0. The zero-order valence-corrected chi connectivity index (χ0v) is 19.9. The maximum atomic E-state index is 13.8. The fourth-order valence-corrected chi connectivity index (χ4v) is 6.06. The smallest absolute Gasteiger partial charge is 0.406 e. The van der Waals surface area contributed by atoms with E-state index in [9.17, 15) is 28.0 Å². The lowest BCUT2D eigenvalue weighted by molar-refractivity contribution is -0.274. The number of imide groups is 1. The van der Waals surface area contributed by atoms with Crippen molar-refractivity contribution in [2.75, 3.05) is 4.90 Å². The van der Waals surface area contributed by atoms with Gasteiger partial charge in [0.15, 0.2) is 0 Å². The van der Waals surface area contributed by atoms with E-state index >= 15 is 0 Å². The number of nitrogens with zero attached hydrogens (tertiary/aromatic N) is 2. The number of carbonyl (C=O) groups is 2. The number of nitriles is 1. The van der Waals surface area contributed by atoms with Gasteiger partial charge in [0.05, 0.1) is 28.7 Å². The number of alkyl halides is 3. The van der Waals surface area contributed by atoms with E-state index in [2.05, 4.69) is 4.74 Å². The summed E-state index contributed by atoms with van der Waals surface area (Å²) in [6.45, 7) is 1.66. The molecule has 2 amide bonds. The number of fused-ring (bicyclic) bond motifs is 1. The van der Waals surface area contributed by atoms with Gasteiger partial charge in [-0.2, -0.15) is 5.26 Å². The highest BCUT2D eigenvalue weighted by Crippen LogP contribution is 2.76. The van der Waals surface area contributed by atoms with E-state index < -0.39 is 40.7 Å². The summed E-state index contributed by atoms with van der Waals surface area (Å²) in [5.74, 6) is -2.25. The quantitative estimate of drug-likeness (QED) is 0.373. The molecule has 1 saturated heterocycles. The SMILES string of the molecule is C[C@]12C(=O)N(c3cc(Cl)cc(Cl)c3)C(=O)[C@H]1[C@@]2(c1ccc(C#N)cc1)c1ccc(OC(F)(F)F)cc1. The van der Waals surface area contributed by atoms with E-state index in [0.717, 1.165) is 17.0 Å². The van der Waals surface area contributed by atoms with E-state index in [1.807, 2.05) is 6.07 Å². The van der Waals surface area contributed by atoms with Gasteiger partial charge in [0.25, 0.3) is 0 Å². The minimum Gasteiger partial charge on any atom is -0.406 e. The van der Waals surface area contributed by atoms with Gasteiger partial charge >= 0.3 is 6.36 Å². The Morgan fingerprint density at radius 3 is 1.92 bits per heavy atom. The molecule has 2 fully saturated rings. The molecule has 0 unspecified atom stereocenters. The van der Waals surface area contributed by atoms with Crippen LogP contribution in [0.25, 0.3) is 0 Å². The van der Waals surface area contributed by atoms with Crippen LogP contribution in [0, 0.1) is 22.7 Å². The molecule has 1 saturated carbocycles. The molecular weight excluding hydrogens is 516 g/mol. The Morgan fingerprint density at radius 2 is 1.47 bits per heavy atom. The molecule has 182 valence electrons. The van der Waals surface area contributed by atoms with Crippen LogP contribution < -0.4 is 9.64 Å². The first-order valence-electron chi connectivity index (χ1n) is 10.6. The predicted octanol–water partition coefficient (Wildman–Crippen LogP) is 6.26. The molecule has 1 aliphatic heterocycles. The Labute approximate surface area is 213 Å². The number of ether oxygens (including phenoxy) is 1. The van der Waals surface area contributed by atoms with E-state index in [-0.39, 0.29) is 15.7 Å². The minimum atomic E-state index is -4.86. The fraction of sp³-hybridized carbons (Fsp3) is 0.192. The van der Waals surface area contributed by atoms with Crippen LogP contribution in [-0.4, -0.2) is 18.2 Å². The van der Waals surface area contributed by atoms with E-state index in [1.54, 1.807) is 31.2 Å². The first-order chi connectivity index (χ1) is 16.9. The van der Waals surface area contributed by atoms with Crippen molar-refractivity contribution in [1.82, 2.24) is 0 Å². The van der Waals surface area contributed by atoms with Crippen molar-refractivity contribution in [1.29, 1.82) is 5.26 Å². The van der Waals surface area contributed by atoms with Gasteiger partial charge in [-0.15, -0.1) is 13.2 Å². The summed E-state index contributed by atoms with van der Waals surface area (Å²) in [5, 5.41) is 9.70. The Balaban J connectivity index is 1.63. The lowest BCUT2D eigenvalue weighted by Crippen LogP contribution is -2.42. The van der Waals surface area contributed by atoms with Crippen molar-refractivity contribution < 1.29 is 27.5 Å². The number of piperidine rings is 1. The van der Waals surface area contributed by atoms with Crippen LogP contribution in [-0.2, 0) is 15.0 Å². The van der Waals surface area contributed by atoms with Crippen LogP contribution in [0.5, 0.6) is 5.75 Å². The van der Waals surface area contributed by atoms with Crippen LogP contribution in [0.1, 0.15) is 23.6 Å². The van der Waals surface area contributed by atoms with Crippen molar-refractivity contribution in [2.45, 2.75) is 18.7 Å². The molecule has 3 aromatic carbocycles. The highest BCUT2D eigenvalue weighted by atomic mass is 35.5. The first-order valence-corrected chi connectivity index (χ1v) is 11.4. The van der Waals surface area contributed by atoms with E-state index in [0.29, 0.717) is 16.7 Å². The molecule has 3 aromatic rings. The number of hydrogen-bond acceptors (Lipinski definition) is 4. The molecule has 2 aliphatic rings. The molecule has 5 nitrogen and oxygen atoms in total. The van der Waals surface area contributed by atoms with Crippen LogP contribution in [0.2, 0.25) is 10.0 Å². The second-order valence-electron chi connectivity index (χ2n) is 8.81. The van der Waals surface area contributed by atoms with Gasteiger partial charge in [0.1, 0.15) is 5.75 Å². The van der Waals surface area contributed by atoms with Gasteiger partial charge in [0, 0.05) is 15.5 Å². The third-order valence-corrected chi connectivity index (χ3v) is 7.42. The summed E-state index contributed by atoms with van der Waals surface area (Å²) >= 11 is 12.2. The molecule has 0 spiro atoms. The zero-order chi connectivity index (χ0) is 26.0. The molecule has 1 aliphatic carbocycles. The standard InChI is InChI=1S/C26H15Cl2F3N2O3/c1-24-21(22(34)33(23(24)35)19-11-17(27)10-18(28)12-19)25(24,15-4-2-14(13-32)3-5-15)16-6-8-20(9-7-16)36-26(29,30)31/h2-12,21H,1H3/t21-,24-,25-/m1/s1. The Kier molecular flexibility index (Phi) is 5.36. The summed E-state index contributed by atoms with van der Waals surface area (Å²) in [6, 6.07) is 18.0. The van der Waals surface area contributed by atoms with Crippen LogP contribution >= 0.6 is 23.2 Å². The topological polar surface area (TPSA) is 70.4 Å². The van der Waals surface area contributed by atoms with Crippen molar-refractivity contribution >= 4 is 40.7 Å². The summed E-state index contributed by atoms with van der Waals surface area (Å²) in [5.41, 5.74) is -0.738. The number of amides is 2. The van der Waals surface area contributed by atoms with Gasteiger partial charge in [0.2, 0.25) is 11.8 Å². The average Bonchev–Trinajstić information content (AvgIpc) is 3.32. The number of carbonyl (C=O) groups excluding carboxylic acids is 2. The summed E-state index contributed by atoms with van der Waals surface area (Å²) < 4.78 is 42.0. The molecule has 0 bridgehead atoms. The summed E-state index contributed by atoms with van der Waals surface area (Å²) in [7, 11) is 0. The first kappa shape index (κ1) is 24.2. The second kappa shape index (κ2) is 7.99. The zero-order valence-electron chi connectivity index (χ0n) is 18.4. The van der Waals surface area contributed by atoms with Gasteiger partial charge < -0.3 is 4.74 Å². The minimum absolute atomic E-state index is 0.235. The summed E-state index contributed by atoms with van der Waals surface area (Å²) in [6.07, 6.45) is -4.86. The number of benzene rings is 3. The monoisotopic (exact) mass is 530 g/mol. The Hall–Kier alpha value is -3.54. The molecule has 1 heterocycles. The lowest BCUT2D eigenvalue weighted by Gasteiger charge is -2.30. The molecule has 0 aromatic heterocycles. The fourth-order valence-electron chi connectivity index (χ4n) is 5.54. The number of halogens is 5. The number of rotatable bonds is 4. The largest absolute Gasteiger partial charge is 0.573 e. The van der Waals surface area contributed by atoms with E-state index in [1.165, 1.54) is 30.3 Å². The van der Waals surface area contributed by atoms with Gasteiger partial charge in [-0.3, -0.25) is 9.59 Å². The van der Waals surface area contributed by atoms with Gasteiger partial charge in [-0.1, -0.05) is 47.5 Å². The van der Waals surface area contributed by atoms with Crippen molar-refractivity contribution in [2.24, 2.45) is 11.3 Å². The molecule has 0 radical (unpaired) electrons. The molecule has 3 atom stereocenters. The van der Waals surface area contributed by atoms with E-state index in [4.69, 9.17) is 23.2 Å². The van der Waals surface area contributed by atoms with Gasteiger partial charge in [-0.25, -0.2) is 4.90 Å².